The summed E-state index contributed by atoms with van der Waals surface area (Å²) >= 11 is 0. The fraction of sp³-hybridized carbons (Fsp3) is 0.500. The summed E-state index contributed by atoms with van der Waals surface area (Å²) in [5.41, 5.74) is 12.0. The standard InChI is InChI=1S/C34H50N6O6/c1-22(2)16-17-34(3,4)21-29(42)38-27(19-23-9-6-5-7-10-23)31(44)39-26(11-8-18-37-33(35)36)30(43)40-28(32(45)46)20-24-12-14-25(41)15-13-24/h5-7,9-10,12-15,22,26-28,41H,8,11,16-21H2,1-4H3,(H,38,42)(H,39,44)(H,40,43)(H,45,46)(H4,35,36,37)/t26-,27?,28+/m0/s1. The minimum absolute atomic E-state index is 0.0273. The molecule has 2 aromatic rings. The van der Waals surface area contributed by atoms with Gasteiger partial charge in [0.25, 0.3) is 0 Å². The number of nitrogens with zero attached hydrogens (tertiary/aromatic N) is 1. The van der Waals surface area contributed by atoms with Gasteiger partial charge in [0.1, 0.15) is 23.9 Å². The van der Waals surface area contributed by atoms with E-state index in [-0.39, 0.29) is 55.3 Å². The molecule has 2 rings (SSSR count). The first-order valence-corrected chi connectivity index (χ1v) is 15.7. The molecule has 12 heteroatoms. The predicted octanol–water partition coefficient (Wildman–Crippen LogP) is 2.62. The van der Waals surface area contributed by atoms with Crippen molar-refractivity contribution in [2.45, 2.75) is 90.8 Å². The van der Waals surface area contributed by atoms with Crippen LogP contribution in [0.3, 0.4) is 0 Å². The van der Waals surface area contributed by atoms with Gasteiger partial charge < -0.3 is 37.6 Å². The highest BCUT2D eigenvalue weighted by molar-refractivity contribution is 5.93. The minimum atomic E-state index is -1.30. The summed E-state index contributed by atoms with van der Waals surface area (Å²) < 4.78 is 0. The third-order valence-corrected chi connectivity index (χ3v) is 7.54. The molecule has 0 aliphatic carbocycles. The Labute approximate surface area is 271 Å². The summed E-state index contributed by atoms with van der Waals surface area (Å²) in [6.45, 7) is 8.50. The fourth-order valence-electron chi connectivity index (χ4n) is 4.89. The van der Waals surface area contributed by atoms with Crippen molar-refractivity contribution in [1.29, 1.82) is 0 Å². The first-order valence-electron chi connectivity index (χ1n) is 15.7. The summed E-state index contributed by atoms with van der Waals surface area (Å²) in [6, 6.07) is 11.8. The van der Waals surface area contributed by atoms with Crippen LogP contribution in [0.15, 0.2) is 59.6 Å². The zero-order chi connectivity index (χ0) is 34.3. The predicted molar refractivity (Wildman–Crippen MR) is 178 cm³/mol. The molecular formula is C34H50N6O6. The van der Waals surface area contributed by atoms with Crippen LogP contribution < -0.4 is 27.4 Å². The smallest absolute Gasteiger partial charge is 0.326 e. The maximum absolute atomic E-state index is 13.7. The summed E-state index contributed by atoms with van der Waals surface area (Å²) in [5.74, 6) is -2.42. The van der Waals surface area contributed by atoms with Crippen molar-refractivity contribution in [3.05, 3.63) is 65.7 Å². The highest BCUT2D eigenvalue weighted by Gasteiger charge is 2.31. The van der Waals surface area contributed by atoms with E-state index >= 15 is 0 Å². The Balaban J connectivity index is 2.26. The Morgan fingerprint density at radius 2 is 1.37 bits per heavy atom. The van der Waals surface area contributed by atoms with Crippen molar-refractivity contribution < 1.29 is 29.4 Å². The number of nitrogens with two attached hydrogens (primary N) is 2. The Morgan fingerprint density at radius 1 is 0.804 bits per heavy atom. The van der Waals surface area contributed by atoms with Crippen LogP contribution in [0.1, 0.15) is 70.9 Å². The Morgan fingerprint density at radius 3 is 1.96 bits per heavy atom. The monoisotopic (exact) mass is 638 g/mol. The van der Waals surface area contributed by atoms with Crippen molar-refractivity contribution in [2.24, 2.45) is 27.8 Å². The Bertz CT molecular complexity index is 1310. The van der Waals surface area contributed by atoms with Crippen LogP contribution in [0, 0.1) is 11.3 Å². The van der Waals surface area contributed by atoms with E-state index in [0.29, 0.717) is 17.9 Å². The first kappa shape index (κ1) is 37.6. The molecule has 0 aromatic heterocycles. The molecule has 9 N–H and O–H groups in total. The molecule has 3 amide bonds. The van der Waals surface area contributed by atoms with E-state index in [1.807, 2.05) is 44.2 Å². The summed E-state index contributed by atoms with van der Waals surface area (Å²) in [6.07, 6.45) is 2.59. The SMILES string of the molecule is CC(C)CCC(C)(C)CC(=O)NC(Cc1ccccc1)C(=O)N[C@@H](CCCN=C(N)N)C(=O)N[C@H](Cc1ccc(O)cc1)C(=O)O. The molecule has 0 heterocycles. The lowest BCUT2D eigenvalue weighted by molar-refractivity contribution is -0.142. The van der Waals surface area contributed by atoms with Gasteiger partial charge in [-0.3, -0.25) is 19.4 Å². The summed E-state index contributed by atoms with van der Waals surface area (Å²) in [7, 11) is 0. The molecule has 0 fully saturated rings. The normalized spacial score (nSPS) is 13.2. The number of rotatable bonds is 19. The van der Waals surface area contributed by atoms with E-state index in [1.54, 1.807) is 12.1 Å². The topological polar surface area (TPSA) is 209 Å². The summed E-state index contributed by atoms with van der Waals surface area (Å²) in [5, 5.41) is 27.6. The van der Waals surface area contributed by atoms with Gasteiger partial charge in [0.15, 0.2) is 5.96 Å². The molecule has 1 unspecified atom stereocenters. The molecule has 0 aliphatic rings. The average Bonchev–Trinajstić information content (AvgIpc) is 2.98. The number of carboxylic acids is 1. The van der Waals surface area contributed by atoms with Gasteiger partial charge in [-0.25, -0.2) is 4.79 Å². The van der Waals surface area contributed by atoms with Gasteiger partial charge in [-0.05, 0) is 53.9 Å². The molecule has 0 bridgehead atoms. The number of hydrogen-bond donors (Lipinski definition) is 7. The van der Waals surface area contributed by atoms with E-state index < -0.39 is 35.9 Å². The lowest BCUT2D eigenvalue weighted by Crippen LogP contribution is -2.56. The second-order valence-electron chi connectivity index (χ2n) is 12.9. The number of phenols is 1. The minimum Gasteiger partial charge on any atom is -0.508 e. The molecule has 3 atom stereocenters. The van der Waals surface area contributed by atoms with Crippen LogP contribution in [0.4, 0.5) is 0 Å². The van der Waals surface area contributed by atoms with Gasteiger partial charge >= 0.3 is 5.97 Å². The number of carboxylic acid groups (broad SMARTS) is 1. The number of carbonyl (C=O) groups is 4. The molecule has 0 spiro atoms. The number of guanidine groups is 1. The lowest BCUT2D eigenvalue weighted by atomic mass is 9.82. The Kier molecular flexibility index (Phi) is 15.0. The fourth-order valence-corrected chi connectivity index (χ4v) is 4.89. The second-order valence-corrected chi connectivity index (χ2v) is 12.9. The molecule has 252 valence electrons. The van der Waals surface area contributed by atoms with Crippen LogP contribution in [-0.2, 0) is 32.0 Å². The van der Waals surface area contributed by atoms with E-state index in [9.17, 15) is 29.4 Å². The van der Waals surface area contributed by atoms with Gasteiger partial charge in [-0.15, -0.1) is 0 Å². The third-order valence-electron chi connectivity index (χ3n) is 7.54. The zero-order valence-corrected chi connectivity index (χ0v) is 27.3. The van der Waals surface area contributed by atoms with Crippen molar-refractivity contribution in [3.63, 3.8) is 0 Å². The molecule has 0 saturated carbocycles. The number of carbonyl (C=O) groups excluding carboxylic acids is 3. The zero-order valence-electron chi connectivity index (χ0n) is 27.3. The molecule has 2 aromatic carbocycles. The summed E-state index contributed by atoms with van der Waals surface area (Å²) in [4.78, 5) is 56.5. The van der Waals surface area contributed by atoms with Gasteiger partial charge in [-0.2, -0.15) is 0 Å². The number of aliphatic carboxylic acids is 1. The van der Waals surface area contributed by atoms with Crippen LogP contribution in [0.2, 0.25) is 0 Å². The second kappa shape index (κ2) is 18.4. The number of amides is 3. The van der Waals surface area contributed by atoms with E-state index in [4.69, 9.17) is 11.5 Å². The molecule has 12 nitrogen and oxygen atoms in total. The number of nitrogens with one attached hydrogen (secondary N) is 3. The quantitative estimate of drug-likeness (QED) is 0.0689. The highest BCUT2D eigenvalue weighted by Crippen LogP contribution is 2.28. The van der Waals surface area contributed by atoms with Crippen molar-refractivity contribution in [3.8, 4) is 5.75 Å². The average molecular weight is 639 g/mol. The van der Waals surface area contributed by atoms with E-state index in [1.165, 1.54) is 12.1 Å². The molecular weight excluding hydrogens is 588 g/mol. The van der Waals surface area contributed by atoms with Gasteiger partial charge in [0, 0.05) is 25.8 Å². The number of aliphatic imine (C=N–C) groups is 1. The number of hydrogen-bond acceptors (Lipinski definition) is 6. The van der Waals surface area contributed by atoms with Crippen LogP contribution in [0.25, 0.3) is 0 Å². The van der Waals surface area contributed by atoms with Gasteiger partial charge in [-0.1, -0.05) is 76.6 Å². The number of aromatic hydroxyl groups is 1. The van der Waals surface area contributed by atoms with Crippen LogP contribution in [-0.4, -0.2) is 64.5 Å². The third kappa shape index (κ3) is 14.4. The number of benzene rings is 2. The van der Waals surface area contributed by atoms with Crippen LogP contribution in [0.5, 0.6) is 5.75 Å². The highest BCUT2D eigenvalue weighted by atomic mass is 16.4. The van der Waals surface area contributed by atoms with Crippen molar-refractivity contribution in [2.75, 3.05) is 6.54 Å². The maximum atomic E-state index is 13.7. The lowest BCUT2D eigenvalue weighted by Gasteiger charge is -2.27. The number of phenolic OH excluding ortho intramolecular Hbond substituents is 1. The van der Waals surface area contributed by atoms with Crippen molar-refractivity contribution in [1.82, 2.24) is 16.0 Å². The van der Waals surface area contributed by atoms with E-state index in [0.717, 1.165) is 18.4 Å². The molecule has 0 aliphatic heterocycles. The molecule has 46 heavy (non-hydrogen) atoms. The van der Waals surface area contributed by atoms with E-state index in [2.05, 4.69) is 34.8 Å². The maximum Gasteiger partial charge on any atom is 0.326 e. The molecule has 0 saturated heterocycles. The molecule has 0 radical (unpaired) electrons. The largest absolute Gasteiger partial charge is 0.508 e. The van der Waals surface area contributed by atoms with Gasteiger partial charge in [0.05, 0.1) is 0 Å². The van der Waals surface area contributed by atoms with Gasteiger partial charge in [0.2, 0.25) is 17.7 Å². The first-order chi connectivity index (χ1) is 21.6. The van der Waals surface area contributed by atoms with Crippen molar-refractivity contribution >= 4 is 29.7 Å². The Hall–Kier alpha value is -4.61. The van der Waals surface area contributed by atoms with Crippen LogP contribution >= 0.6 is 0 Å².